The molecule has 0 spiro atoms. The second-order valence-corrected chi connectivity index (χ2v) is 4.93. The summed E-state index contributed by atoms with van der Waals surface area (Å²) >= 11 is 8.96. The highest BCUT2D eigenvalue weighted by molar-refractivity contribution is 9.09. The van der Waals surface area contributed by atoms with Gasteiger partial charge < -0.3 is 0 Å². The second kappa shape index (κ2) is 5.90. The maximum Gasteiger partial charge on any atom is 0.00936 e. The predicted molar refractivity (Wildman–Crippen MR) is 58.7 cm³/mol. The van der Waals surface area contributed by atoms with Gasteiger partial charge >= 0.3 is 0 Å². The molecule has 0 aliphatic carbocycles. The molecule has 0 rings (SSSR count). The molecule has 0 N–H and O–H groups in total. The number of halogens is 2. The molecule has 10 heavy (non-hydrogen) atoms. The van der Waals surface area contributed by atoms with Gasteiger partial charge in [-0.1, -0.05) is 38.8 Å². The van der Waals surface area contributed by atoms with Crippen molar-refractivity contribution in [3.05, 3.63) is 0 Å². The Hall–Kier alpha value is 1.31. The van der Waals surface area contributed by atoms with Crippen molar-refractivity contribution in [2.45, 2.75) is 13.3 Å². The van der Waals surface area contributed by atoms with Gasteiger partial charge in [-0.25, -0.2) is 0 Å². The molecule has 62 valence electrons. The Labute approximate surface area is 84.8 Å². The summed E-state index contributed by atoms with van der Waals surface area (Å²) in [4.78, 5) is 0. The molecular weight excluding hydrogens is 276 g/mol. The molecule has 0 aliphatic rings. The molecule has 0 aliphatic heterocycles. The van der Waals surface area contributed by atoms with Crippen LogP contribution in [-0.4, -0.2) is 22.7 Å². The lowest BCUT2D eigenvalue weighted by Crippen LogP contribution is -2.20. The maximum absolute atomic E-state index is 3.52. The number of hydrogen-bond acceptors (Lipinski definition) is 1. The average molecular weight is 290 g/mol. The van der Waals surface area contributed by atoms with E-state index in [2.05, 4.69) is 45.0 Å². The second-order valence-electron chi connectivity index (χ2n) is 2.82. The van der Waals surface area contributed by atoms with Gasteiger partial charge in [0, 0.05) is 10.7 Å². The third-order valence-corrected chi connectivity index (χ3v) is 4.87. The van der Waals surface area contributed by atoms with Crippen molar-refractivity contribution >= 4 is 43.6 Å². The normalized spacial score (nSPS) is 12.0. The molecule has 0 saturated carbocycles. The van der Waals surface area contributed by atoms with Gasteiger partial charge in [0.05, 0.1) is 0 Å². The van der Waals surface area contributed by atoms with E-state index >= 15 is 0 Å². The Morgan fingerprint density at radius 3 is 2.10 bits per heavy atom. The zero-order chi connectivity index (χ0) is 8.04. The highest BCUT2D eigenvalue weighted by Gasteiger charge is 2.20. The first-order valence-electron chi connectivity index (χ1n) is 3.29. The van der Waals surface area contributed by atoms with Crippen LogP contribution in [0.15, 0.2) is 0 Å². The third-order valence-electron chi connectivity index (χ3n) is 1.55. The third kappa shape index (κ3) is 4.24. The summed E-state index contributed by atoms with van der Waals surface area (Å²) in [6.45, 7) is 2.30. The van der Waals surface area contributed by atoms with Crippen LogP contribution in [0.2, 0.25) is 0 Å². The van der Waals surface area contributed by atoms with Crippen molar-refractivity contribution in [2.24, 2.45) is 5.41 Å². The van der Waals surface area contributed by atoms with Crippen LogP contribution in [0.3, 0.4) is 0 Å². The molecule has 0 aromatic carbocycles. The molecule has 0 aromatic rings. The molecule has 3 heteroatoms. The summed E-state index contributed by atoms with van der Waals surface area (Å²) in [6, 6.07) is 0. The summed E-state index contributed by atoms with van der Waals surface area (Å²) in [5.74, 6) is 1.26. The van der Waals surface area contributed by atoms with E-state index in [9.17, 15) is 0 Å². The molecule has 0 radical (unpaired) electrons. The van der Waals surface area contributed by atoms with E-state index in [1.807, 2.05) is 11.8 Å². The molecule has 0 amide bonds. The van der Waals surface area contributed by atoms with E-state index < -0.39 is 0 Å². The SMILES string of the molecule is CSCCC(C)(CBr)CBr. The predicted octanol–water partition coefficient (Wildman–Crippen LogP) is 3.54. The summed E-state index contributed by atoms with van der Waals surface area (Å²) in [5, 5.41) is 2.18. The minimum atomic E-state index is 0.447. The highest BCUT2D eigenvalue weighted by atomic mass is 79.9. The molecule has 0 bridgehead atoms. The Balaban J connectivity index is 3.58. The van der Waals surface area contributed by atoms with Crippen LogP contribution in [0, 0.1) is 5.41 Å². The first kappa shape index (κ1) is 11.3. The molecule has 0 unspecified atom stereocenters. The van der Waals surface area contributed by atoms with Crippen molar-refractivity contribution in [2.75, 3.05) is 22.7 Å². The van der Waals surface area contributed by atoms with Gasteiger partial charge in [0.1, 0.15) is 0 Å². The quantitative estimate of drug-likeness (QED) is 0.698. The number of alkyl halides is 2. The topological polar surface area (TPSA) is 0 Å². The minimum Gasteiger partial charge on any atom is -0.165 e. The Morgan fingerprint density at radius 1 is 1.30 bits per heavy atom. The summed E-state index contributed by atoms with van der Waals surface area (Å²) < 4.78 is 0. The monoisotopic (exact) mass is 288 g/mol. The summed E-state index contributed by atoms with van der Waals surface area (Å²) in [7, 11) is 0. The summed E-state index contributed by atoms with van der Waals surface area (Å²) in [5.41, 5.74) is 0.447. The maximum atomic E-state index is 3.52. The summed E-state index contributed by atoms with van der Waals surface area (Å²) in [6.07, 6.45) is 3.44. The van der Waals surface area contributed by atoms with E-state index in [-0.39, 0.29) is 0 Å². The van der Waals surface area contributed by atoms with Gasteiger partial charge in [-0.2, -0.15) is 11.8 Å². The van der Waals surface area contributed by atoms with E-state index in [1.165, 1.54) is 12.2 Å². The van der Waals surface area contributed by atoms with Crippen LogP contribution < -0.4 is 0 Å². The lowest BCUT2D eigenvalue weighted by atomic mass is 9.93. The minimum absolute atomic E-state index is 0.447. The van der Waals surface area contributed by atoms with Gasteiger partial charge in [-0.15, -0.1) is 0 Å². The average Bonchev–Trinajstić information content (AvgIpc) is 2.00. The van der Waals surface area contributed by atoms with Crippen LogP contribution in [0.1, 0.15) is 13.3 Å². The van der Waals surface area contributed by atoms with Crippen molar-refractivity contribution in [3.8, 4) is 0 Å². The molecule has 0 saturated heterocycles. The molecule has 0 aromatic heterocycles. The van der Waals surface area contributed by atoms with Gasteiger partial charge in [-0.3, -0.25) is 0 Å². The lowest BCUT2D eigenvalue weighted by molar-refractivity contribution is 0.428. The van der Waals surface area contributed by atoms with E-state index in [1.54, 1.807) is 0 Å². The zero-order valence-electron chi connectivity index (χ0n) is 6.49. The zero-order valence-corrected chi connectivity index (χ0v) is 10.5. The Kier molecular flexibility index (Phi) is 6.67. The van der Waals surface area contributed by atoms with E-state index in [0.717, 1.165) is 10.7 Å². The van der Waals surface area contributed by atoms with Gasteiger partial charge in [0.2, 0.25) is 0 Å². The van der Waals surface area contributed by atoms with Crippen molar-refractivity contribution in [1.82, 2.24) is 0 Å². The Bertz CT molecular complexity index is 81.7. The lowest BCUT2D eigenvalue weighted by Gasteiger charge is -2.23. The van der Waals surface area contributed by atoms with Crippen molar-refractivity contribution < 1.29 is 0 Å². The first-order chi connectivity index (χ1) is 4.68. The highest BCUT2D eigenvalue weighted by Crippen LogP contribution is 2.27. The van der Waals surface area contributed by atoms with Crippen molar-refractivity contribution in [3.63, 3.8) is 0 Å². The fourth-order valence-electron chi connectivity index (χ4n) is 0.518. The fourth-order valence-corrected chi connectivity index (χ4v) is 2.70. The van der Waals surface area contributed by atoms with Crippen LogP contribution in [0.25, 0.3) is 0 Å². The van der Waals surface area contributed by atoms with Gasteiger partial charge in [0.25, 0.3) is 0 Å². The van der Waals surface area contributed by atoms with Gasteiger partial charge in [0.15, 0.2) is 0 Å². The van der Waals surface area contributed by atoms with Gasteiger partial charge in [-0.05, 0) is 23.8 Å². The molecule has 0 heterocycles. The smallest absolute Gasteiger partial charge is 0.00936 e. The van der Waals surface area contributed by atoms with Crippen LogP contribution in [0.5, 0.6) is 0 Å². The largest absolute Gasteiger partial charge is 0.165 e. The fraction of sp³-hybridized carbons (Fsp3) is 1.00. The van der Waals surface area contributed by atoms with Crippen LogP contribution in [-0.2, 0) is 0 Å². The number of thioether (sulfide) groups is 1. The number of hydrogen-bond donors (Lipinski definition) is 0. The van der Waals surface area contributed by atoms with Crippen molar-refractivity contribution in [1.29, 1.82) is 0 Å². The van der Waals surface area contributed by atoms with E-state index in [0.29, 0.717) is 5.41 Å². The molecular formula is C7H14Br2S. The van der Waals surface area contributed by atoms with E-state index in [4.69, 9.17) is 0 Å². The first-order valence-corrected chi connectivity index (χ1v) is 6.93. The molecule has 0 nitrogen and oxygen atoms in total. The molecule has 0 fully saturated rings. The Morgan fingerprint density at radius 2 is 1.80 bits per heavy atom. The molecule has 0 atom stereocenters. The number of rotatable bonds is 5. The van der Waals surface area contributed by atoms with Crippen LogP contribution >= 0.6 is 43.6 Å². The van der Waals surface area contributed by atoms with Crippen LogP contribution in [0.4, 0.5) is 0 Å². The standard InChI is InChI=1S/C7H14Br2S/c1-7(5-8,6-9)3-4-10-2/h3-6H2,1-2H3.